The summed E-state index contributed by atoms with van der Waals surface area (Å²) in [7, 11) is 0. The van der Waals surface area contributed by atoms with Crippen LogP contribution in [-0.2, 0) is 4.74 Å². The molecule has 2 saturated heterocycles. The van der Waals surface area contributed by atoms with E-state index in [2.05, 4.69) is 46.9 Å². The molecule has 0 radical (unpaired) electrons. The lowest BCUT2D eigenvalue weighted by molar-refractivity contribution is 0.0223. The van der Waals surface area contributed by atoms with Crippen LogP contribution in [0.4, 0.5) is 14.5 Å². The summed E-state index contributed by atoms with van der Waals surface area (Å²) in [6, 6.07) is 7.39. The number of benzene rings is 1. The highest BCUT2D eigenvalue weighted by atomic mass is 19.3. The van der Waals surface area contributed by atoms with Crippen LogP contribution in [0.5, 0.6) is 0 Å². The summed E-state index contributed by atoms with van der Waals surface area (Å²) in [5.74, 6) is -0.224. The second-order valence-corrected chi connectivity index (χ2v) is 10.1. The standard InChI is InChI=1S/C28H35F2N5O/c1-18-13-19(2)32-25-7-6-22(15-23(18)25)33-20(3)24-14-21(17-34-9-11-36-12-10-34)16-31-28(24)35-8-4-5-26(35)27(29)30/h6-7,13-16,24,26-28,33H,3-5,8-12,17H2,1-2H3/t24?,26-,28?/m0/s1. The van der Waals surface area contributed by atoms with Gasteiger partial charge < -0.3 is 10.1 Å². The first-order valence-corrected chi connectivity index (χ1v) is 12.8. The van der Waals surface area contributed by atoms with Gasteiger partial charge in [-0.1, -0.05) is 12.7 Å². The van der Waals surface area contributed by atoms with Gasteiger partial charge in [-0.3, -0.25) is 19.8 Å². The van der Waals surface area contributed by atoms with Gasteiger partial charge in [0.1, 0.15) is 6.17 Å². The molecule has 0 saturated carbocycles. The highest BCUT2D eigenvalue weighted by Crippen LogP contribution is 2.34. The van der Waals surface area contributed by atoms with Crippen LogP contribution in [0.2, 0.25) is 0 Å². The first kappa shape index (κ1) is 25.0. The van der Waals surface area contributed by atoms with Crippen LogP contribution in [0, 0.1) is 19.8 Å². The van der Waals surface area contributed by atoms with E-state index in [1.807, 2.05) is 30.2 Å². The number of dihydropyridines is 1. The van der Waals surface area contributed by atoms with E-state index in [4.69, 9.17) is 9.73 Å². The molecule has 2 unspecified atom stereocenters. The SMILES string of the molecule is C=C(Nc1ccc2nc(C)cc(C)c2c1)C1C=C(CN2CCOCC2)C=NC1N1CCC[C@H]1C(F)F. The second kappa shape index (κ2) is 10.7. The van der Waals surface area contributed by atoms with E-state index >= 15 is 0 Å². The number of alkyl halides is 2. The minimum Gasteiger partial charge on any atom is -0.379 e. The van der Waals surface area contributed by atoms with Gasteiger partial charge in [-0.15, -0.1) is 0 Å². The van der Waals surface area contributed by atoms with Gasteiger partial charge in [-0.2, -0.15) is 0 Å². The van der Waals surface area contributed by atoms with Gasteiger partial charge in [0, 0.05) is 54.9 Å². The monoisotopic (exact) mass is 495 g/mol. The summed E-state index contributed by atoms with van der Waals surface area (Å²) in [5, 5.41) is 4.56. The number of aliphatic imine (C=N–C) groups is 1. The van der Waals surface area contributed by atoms with Crippen molar-refractivity contribution in [3.63, 3.8) is 0 Å². The maximum atomic E-state index is 13.8. The molecule has 4 heterocycles. The molecular weight excluding hydrogens is 460 g/mol. The number of nitrogens with zero attached hydrogens (tertiary/aromatic N) is 4. The second-order valence-electron chi connectivity index (χ2n) is 10.1. The number of morpholine rings is 1. The minimum absolute atomic E-state index is 0.224. The van der Waals surface area contributed by atoms with E-state index in [0.717, 1.165) is 78.4 Å². The van der Waals surface area contributed by atoms with Crippen molar-refractivity contribution < 1.29 is 13.5 Å². The molecule has 1 N–H and O–H groups in total. The van der Waals surface area contributed by atoms with Crippen LogP contribution in [0.3, 0.4) is 0 Å². The Morgan fingerprint density at radius 1 is 1.19 bits per heavy atom. The zero-order valence-electron chi connectivity index (χ0n) is 21.1. The Hall–Kier alpha value is -2.68. The number of hydrogen-bond donors (Lipinski definition) is 1. The van der Waals surface area contributed by atoms with Crippen molar-refractivity contribution in [3.8, 4) is 0 Å². The van der Waals surface area contributed by atoms with Crippen molar-refractivity contribution in [2.75, 3.05) is 44.7 Å². The molecule has 0 bridgehead atoms. The van der Waals surface area contributed by atoms with Crippen LogP contribution >= 0.6 is 0 Å². The predicted molar refractivity (Wildman–Crippen MR) is 141 cm³/mol. The topological polar surface area (TPSA) is 53.0 Å². The molecule has 36 heavy (non-hydrogen) atoms. The van der Waals surface area contributed by atoms with Gasteiger partial charge in [-0.05, 0) is 62.1 Å². The lowest BCUT2D eigenvalue weighted by Gasteiger charge is -2.37. The number of rotatable bonds is 7. The van der Waals surface area contributed by atoms with Crippen LogP contribution in [0.1, 0.15) is 24.1 Å². The molecule has 0 aliphatic carbocycles. The Balaban J connectivity index is 1.40. The summed E-state index contributed by atoms with van der Waals surface area (Å²) in [4.78, 5) is 13.7. The fourth-order valence-electron chi connectivity index (χ4n) is 5.63. The molecule has 2 fully saturated rings. The highest BCUT2D eigenvalue weighted by molar-refractivity contribution is 5.86. The molecule has 3 aliphatic rings. The van der Waals surface area contributed by atoms with E-state index in [-0.39, 0.29) is 5.92 Å². The molecule has 0 amide bonds. The van der Waals surface area contributed by atoms with Crippen LogP contribution in [0.15, 0.2) is 53.2 Å². The van der Waals surface area contributed by atoms with Gasteiger partial charge in [0.2, 0.25) is 0 Å². The summed E-state index contributed by atoms with van der Waals surface area (Å²) in [5.41, 5.74) is 5.86. The molecule has 3 atom stereocenters. The van der Waals surface area contributed by atoms with Crippen LogP contribution in [0.25, 0.3) is 10.9 Å². The number of ether oxygens (including phenoxy) is 1. The van der Waals surface area contributed by atoms with E-state index in [1.54, 1.807) is 0 Å². The number of pyridine rings is 1. The van der Waals surface area contributed by atoms with Crippen molar-refractivity contribution in [3.05, 3.63) is 59.4 Å². The average molecular weight is 496 g/mol. The normalized spacial score (nSPS) is 25.5. The Morgan fingerprint density at radius 2 is 2.00 bits per heavy atom. The number of aromatic nitrogens is 1. The predicted octanol–water partition coefficient (Wildman–Crippen LogP) is 4.79. The maximum Gasteiger partial charge on any atom is 0.253 e. The third-order valence-corrected chi connectivity index (χ3v) is 7.44. The van der Waals surface area contributed by atoms with Crippen LogP contribution < -0.4 is 5.32 Å². The average Bonchev–Trinajstić information content (AvgIpc) is 3.35. The number of anilines is 1. The summed E-state index contributed by atoms with van der Waals surface area (Å²) in [6.45, 7) is 13.0. The molecule has 0 spiro atoms. The largest absolute Gasteiger partial charge is 0.379 e. The lowest BCUT2D eigenvalue weighted by Crippen LogP contribution is -2.47. The highest BCUT2D eigenvalue weighted by Gasteiger charge is 2.40. The van der Waals surface area contributed by atoms with Gasteiger partial charge in [0.05, 0.1) is 30.7 Å². The Bertz CT molecular complexity index is 1170. The fourth-order valence-corrected chi connectivity index (χ4v) is 5.63. The van der Waals surface area contributed by atoms with E-state index in [1.165, 1.54) is 0 Å². The van der Waals surface area contributed by atoms with Crippen molar-refractivity contribution in [1.82, 2.24) is 14.8 Å². The summed E-state index contributed by atoms with van der Waals surface area (Å²) in [6.07, 6.45) is 2.51. The first-order valence-electron chi connectivity index (χ1n) is 12.8. The van der Waals surface area contributed by atoms with E-state index < -0.39 is 18.6 Å². The molecule has 3 aliphatic heterocycles. The molecule has 6 nitrogen and oxygen atoms in total. The Labute approximate surface area is 211 Å². The van der Waals surface area contributed by atoms with E-state index in [0.29, 0.717) is 13.0 Å². The summed E-state index contributed by atoms with van der Waals surface area (Å²) >= 11 is 0. The maximum absolute atomic E-state index is 13.8. The van der Waals surface area contributed by atoms with Gasteiger partial charge in [-0.25, -0.2) is 8.78 Å². The smallest absolute Gasteiger partial charge is 0.253 e. The van der Waals surface area contributed by atoms with Gasteiger partial charge in [0.25, 0.3) is 6.43 Å². The van der Waals surface area contributed by atoms with Gasteiger partial charge >= 0.3 is 0 Å². The number of halogens is 2. The lowest BCUT2D eigenvalue weighted by atomic mass is 9.94. The van der Waals surface area contributed by atoms with Gasteiger partial charge in [0.15, 0.2) is 0 Å². The fraction of sp³-hybridized carbons (Fsp3) is 0.500. The van der Waals surface area contributed by atoms with E-state index in [9.17, 15) is 8.78 Å². The van der Waals surface area contributed by atoms with Crippen molar-refractivity contribution in [2.24, 2.45) is 10.9 Å². The third kappa shape index (κ3) is 5.36. The quantitative estimate of drug-likeness (QED) is 0.599. The summed E-state index contributed by atoms with van der Waals surface area (Å²) < 4.78 is 33.2. The Morgan fingerprint density at radius 3 is 2.78 bits per heavy atom. The number of hydrogen-bond acceptors (Lipinski definition) is 6. The zero-order chi connectivity index (χ0) is 25.2. The molecule has 5 rings (SSSR count). The molecule has 1 aromatic carbocycles. The number of aryl methyl sites for hydroxylation is 2. The van der Waals surface area contributed by atoms with Crippen molar-refractivity contribution >= 4 is 22.8 Å². The van der Waals surface area contributed by atoms with Crippen molar-refractivity contribution in [2.45, 2.75) is 45.3 Å². The first-order chi connectivity index (χ1) is 17.4. The zero-order valence-corrected chi connectivity index (χ0v) is 21.1. The molecule has 192 valence electrons. The Kier molecular flexibility index (Phi) is 7.46. The number of fused-ring (bicyclic) bond motifs is 1. The number of likely N-dealkylation sites (tertiary alicyclic amines) is 1. The third-order valence-electron chi connectivity index (χ3n) is 7.44. The van der Waals surface area contributed by atoms with Crippen LogP contribution in [-0.4, -0.2) is 79.0 Å². The molecule has 1 aromatic heterocycles. The molecular formula is C28H35F2N5O. The van der Waals surface area contributed by atoms with Crippen molar-refractivity contribution in [1.29, 1.82) is 0 Å². The molecule has 2 aromatic rings. The number of nitrogens with one attached hydrogen (secondary N) is 1. The molecule has 8 heteroatoms. The minimum atomic E-state index is -2.39.